The highest BCUT2D eigenvalue weighted by Crippen LogP contribution is 2.22. The summed E-state index contributed by atoms with van der Waals surface area (Å²) >= 11 is 1.08. The minimum absolute atomic E-state index is 0.0506. The summed E-state index contributed by atoms with van der Waals surface area (Å²) in [7, 11) is 1.85. The number of nitrogens with zero attached hydrogens (tertiary/aromatic N) is 4. The molecule has 0 aliphatic heterocycles. The van der Waals surface area contributed by atoms with Gasteiger partial charge in [-0.15, -0.1) is 5.10 Å². The standard InChI is InChI=1S/C10H13N5O2S/c1-3-7-6(4-15(2)14-7)9-11-10(13-12-9)18-5-8(16)17/h4H,3,5H2,1-2H3,(H,16,17)(H,11,12,13). The summed E-state index contributed by atoms with van der Waals surface area (Å²) in [6, 6.07) is 0. The molecule has 0 radical (unpaired) electrons. The first kappa shape index (κ1) is 12.6. The highest BCUT2D eigenvalue weighted by atomic mass is 32.2. The van der Waals surface area contributed by atoms with E-state index in [-0.39, 0.29) is 5.75 Å². The van der Waals surface area contributed by atoms with Gasteiger partial charge in [0.1, 0.15) is 0 Å². The Kier molecular flexibility index (Phi) is 3.66. The van der Waals surface area contributed by atoms with Gasteiger partial charge in [0.2, 0.25) is 5.16 Å². The number of hydrogen-bond acceptors (Lipinski definition) is 5. The van der Waals surface area contributed by atoms with E-state index in [0.717, 1.165) is 29.4 Å². The fraction of sp³-hybridized carbons (Fsp3) is 0.400. The minimum Gasteiger partial charge on any atom is -0.481 e. The van der Waals surface area contributed by atoms with Crippen LogP contribution in [0, 0.1) is 0 Å². The third-order valence-corrected chi connectivity index (χ3v) is 3.12. The molecule has 2 aromatic heterocycles. The van der Waals surface area contributed by atoms with Crippen molar-refractivity contribution in [2.24, 2.45) is 7.05 Å². The van der Waals surface area contributed by atoms with E-state index in [1.54, 1.807) is 4.68 Å². The number of rotatable bonds is 5. The Morgan fingerprint density at radius 2 is 2.39 bits per heavy atom. The largest absolute Gasteiger partial charge is 0.481 e. The average molecular weight is 267 g/mol. The Morgan fingerprint density at radius 3 is 3.06 bits per heavy atom. The van der Waals surface area contributed by atoms with Gasteiger partial charge in [-0.2, -0.15) is 5.10 Å². The number of H-pyrrole nitrogens is 1. The number of carboxylic acids is 1. The van der Waals surface area contributed by atoms with Gasteiger partial charge in [0, 0.05) is 13.2 Å². The van der Waals surface area contributed by atoms with Gasteiger partial charge in [0.25, 0.3) is 0 Å². The molecule has 0 saturated carbocycles. The van der Waals surface area contributed by atoms with Gasteiger partial charge in [0.15, 0.2) is 5.82 Å². The average Bonchev–Trinajstić information content (AvgIpc) is 2.92. The van der Waals surface area contributed by atoms with Gasteiger partial charge in [0.05, 0.1) is 17.0 Å². The van der Waals surface area contributed by atoms with Gasteiger partial charge in [-0.1, -0.05) is 18.7 Å². The zero-order valence-corrected chi connectivity index (χ0v) is 10.9. The Balaban J connectivity index is 2.20. The van der Waals surface area contributed by atoms with Gasteiger partial charge in [-0.3, -0.25) is 14.6 Å². The lowest BCUT2D eigenvalue weighted by atomic mass is 10.2. The normalized spacial score (nSPS) is 10.8. The maximum atomic E-state index is 10.5. The van der Waals surface area contributed by atoms with Crippen molar-refractivity contribution in [3.8, 4) is 11.4 Å². The Labute approximate surface area is 108 Å². The molecule has 18 heavy (non-hydrogen) atoms. The van der Waals surface area contributed by atoms with Gasteiger partial charge >= 0.3 is 5.97 Å². The van der Waals surface area contributed by atoms with Crippen molar-refractivity contribution in [2.45, 2.75) is 18.5 Å². The van der Waals surface area contributed by atoms with Crippen molar-refractivity contribution in [1.82, 2.24) is 25.0 Å². The van der Waals surface area contributed by atoms with E-state index in [9.17, 15) is 4.79 Å². The van der Waals surface area contributed by atoms with Crippen LogP contribution in [-0.4, -0.2) is 41.8 Å². The first-order valence-electron chi connectivity index (χ1n) is 5.40. The lowest BCUT2D eigenvalue weighted by Crippen LogP contribution is -1.97. The van der Waals surface area contributed by atoms with Crippen LogP contribution in [0.25, 0.3) is 11.4 Å². The molecule has 0 saturated heterocycles. The molecule has 0 unspecified atom stereocenters. The molecule has 0 aliphatic carbocycles. The number of aryl methyl sites for hydroxylation is 2. The van der Waals surface area contributed by atoms with Gasteiger partial charge < -0.3 is 5.11 Å². The third-order valence-electron chi connectivity index (χ3n) is 2.28. The van der Waals surface area contributed by atoms with Crippen LogP contribution in [0.15, 0.2) is 11.4 Å². The van der Waals surface area contributed by atoms with Gasteiger partial charge in [-0.25, -0.2) is 4.98 Å². The Bertz CT molecular complexity index is 562. The summed E-state index contributed by atoms with van der Waals surface area (Å²) in [6.45, 7) is 2.02. The molecule has 0 amide bonds. The van der Waals surface area contributed by atoms with E-state index in [2.05, 4.69) is 20.3 Å². The molecule has 0 fully saturated rings. The number of aromatic amines is 1. The maximum absolute atomic E-state index is 10.5. The SMILES string of the molecule is CCc1nn(C)cc1-c1nc(SCC(=O)O)n[nH]1. The topological polar surface area (TPSA) is 96.7 Å². The van der Waals surface area contributed by atoms with Crippen molar-refractivity contribution in [3.63, 3.8) is 0 Å². The molecule has 2 N–H and O–H groups in total. The van der Waals surface area contributed by atoms with E-state index in [4.69, 9.17) is 5.11 Å². The number of thioether (sulfide) groups is 1. The summed E-state index contributed by atoms with van der Waals surface area (Å²) in [5.41, 5.74) is 1.83. The molecule has 96 valence electrons. The summed E-state index contributed by atoms with van der Waals surface area (Å²) < 4.78 is 1.72. The summed E-state index contributed by atoms with van der Waals surface area (Å²) in [4.78, 5) is 14.7. The maximum Gasteiger partial charge on any atom is 0.313 e. The Hall–Kier alpha value is -1.83. The quantitative estimate of drug-likeness (QED) is 0.783. The van der Waals surface area contributed by atoms with E-state index >= 15 is 0 Å². The molecule has 2 rings (SSSR count). The lowest BCUT2D eigenvalue weighted by Gasteiger charge is -1.93. The van der Waals surface area contributed by atoms with Crippen molar-refractivity contribution < 1.29 is 9.90 Å². The highest BCUT2D eigenvalue weighted by molar-refractivity contribution is 7.99. The number of aliphatic carboxylic acids is 1. The zero-order valence-electron chi connectivity index (χ0n) is 10.0. The van der Waals surface area contributed by atoms with Crippen LogP contribution in [0.3, 0.4) is 0 Å². The molecule has 2 aromatic rings. The highest BCUT2D eigenvalue weighted by Gasteiger charge is 2.13. The zero-order chi connectivity index (χ0) is 13.1. The van der Waals surface area contributed by atoms with Crippen molar-refractivity contribution >= 4 is 17.7 Å². The molecular formula is C10H13N5O2S. The molecule has 0 spiro atoms. The van der Waals surface area contributed by atoms with E-state index in [1.165, 1.54) is 0 Å². The number of carbonyl (C=O) groups is 1. The van der Waals surface area contributed by atoms with Crippen LogP contribution in [-0.2, 0) is 18.3 Å². The second-order valence-corrected chi connectivity index (χ2v) is 4.61. The number of carboxylic acid groups (broad SMARTS) is 1. The van der Waals surface area contributed by atoms with Crippen LogP contribution in [0.1, 0.15) is 12.6 Å². The monoisotopic (exact) mass is 267 g/mol. The van der Waals surface area contributed by atoms with Crippen LogP contribution in [0.2, 0.25) is 0 Å². The van der Waals surface area contributed by atoms with Crippen LogP contribution in [0.5, 0.6) is 0 Å². The van der Waals surface area contributed by atoms with E-state index in [1.807, 2.05) is 20.2 Å². The van der Waals surface area contributed by atoms with Crippen molar-refractivity contribution in [3.05, 3.63) is 11.9 Å². The Morgan fingerprint density at radius 1 is 1.61 bits per heavy atom. The van der Waals surface area contributed by atoms with Crippen molar-refractivity contribution in [1.29, 1.82) is 0 Å². The molecule has 8 heteroatoms. The minimum atomic E-state index is -0.887. The van der Waals surface area contributed by atoms with Gasteiger partial charge in [-0.05, 0) is 6.42 Å². The predicted molar refractivity (Wildman–Crippen MR) is 66.3 cm³/mol. The predicted octanol–water partition coefficient (Wildman–Crippen LogP) is 0.944. The number of nitrogens with one attached hydrogen (secondary N) is 1. The molecule has 0 aromatic carbocycles. The summed E-state index contributed by atoms with van der Waals surface area (Å²) in [5.74, 6) is -0.319. The second-order valence-electron chi connectivity index (χ2n) is 3.67. The molecule has 0 bridgehead atoms. The van der Waals surface area contributed by atoms with Crippen LogP contribution < -0.4 is 0 Å². The molecule has 0 aliphatic rings. The van der Waals surface area contributed by atoms with Crippen LogP contribution in [0.4, 0.5) is 0 Å². The molecule has 2 heterocycles. The van der Waals surface area contributed by atoms with Crippen molar-refractivity contribution in [2.75, 3.05) is 5.75 Å². The van der Waals surface area contributed by atoms with E-state index < -0.39 is 5.97 Å². The second kappa shape index (κ2) is 5.21. The summed E-state index contributed by atoms with van der Waals surface area (Å²) in [6.07, 6.45) is 2.67. The lowest BCUT2D eigenvalue weighted by molar-refractivity contribution is -0.133. The fourth-order valence-corrected chi connectivity index (χ4v) is 2.07. The summed E-state index contributed by atoms with van der Waals surface area (Å²) in [5, 5.41) is 20.1. The van der Waals surface area contributed by atoms with E-state index in [0.29, 0.717) is 11.0 Å². The first-order chi connectivity index (χ1) is 8.60. The molecule has 0 atom stereocenters. The third kappa shape index (κ3) is 2.70. The number of hydrogen-bond donors (Lipinski definition) is 2. The fourth-order valence-electron chi connectivity index (χ4n) is 1.55. The molecular weight excluding hydrogens is 254 g/mol. The molecule has 7 nitrogen and oxygen atoms in total. The smallest absolute Gasteiger partial charge is 0.313 e. The van der Waals surface area contributed by atoms with Crippen LogP contribution >= 0.6 is 11.8 Å². The first-order valence-corrected chi connectivity index (χ1v) is 6.38. The number of aromatic nitrogens is 5.